The molecule has 3 aliphatic rings. The van der Waals surface area contributed by atoms with E-state index in [0.717, 1.165) is 10.8 Å². The summed E-state index contributed by atoms with van der Waals surface area (Å²) in [5, 5.41) is 12.7. The average Bonchev–Trinajstić information content (AvgIpc) is 3.82. The maximum absolute atomic E-state index is 15.1. The number of aliphatic hydroxyl groups excluding tert-OH is 1. The minimum atomic E-state index is -1.31. The molecule has 3 fully saturated rings. The number of rotatable bonds is 15. The zero-order chi connectivity index (χ0) is 38.0. The molecule has 3 aliphatic heterocycles. The molecule has 280 valence electrons. The summed E-state index contributed by atoms with van der Waals surface area (Å²) < 4.78 is 13.1. The number of likely N-dealkylation sites (tertiary alicyclic amines) is 1. The van der Waals surface area contributed by atoms with Crippen LogP contribution in [0.5, 0.6) is 0 Å². The fraction of sp³-hybridized carbons (Fsp3) is 0.442. The van der Waals surface area contributed by atoms with Gasteiger partial charge in [0.25, 0.3) is 5.91 Å². The van der Waals surface area contributed by atoms with Crippen LogP contribution in [-0.2, 0) is 28.7 Å². The Kier molecular flexibility index (Phi) is 11.2. The maximum atomic E-state index is 15.1. The molecule has 1 spiro atoms. The largest absolute Gasteiger partial charge is 0.455 e. The monoisotopic (exact) mass is 721 g/mol. The number of fused-ring (bicyclic) bond motifs is 2. The second-order valence-electron chi connectivity index (χ2n) is 14.9. The first kappa shape index (κ1) is 37.9. The van der Waals surface area contributed by atoms with Crippen molar-refractivity contribution in [2.45, 2.75) is 82.4 Å². The van der Waals surface area contributed by atoms with Crippen LogP contribution in [0.15, 0.2) is 98.1 Å². The number of benzene rings is 3. The zero-order valence-electron chi connectivity index (χ0n) is 31.1. The van der Waals surface area contributed by atoms with E-state index in [1.54, 1.807) is 29.0 Å². The quantitative estimate of drug-likeness (QED) is 0.155. The van der Waals surface area contributed by atoms with Crippen LogP contribution in [-0.4, -0.2) is 88.6 Å². The number of carbonyl (C=O) groups is 4. The predicted octanol–water partition coefficient (Wildman–Crippen LogP) is 5.85. The van der Waals surface area contributed by atoms with Gasteiger partial charge in [0.2, 0.25) is 11.8 Å². The van der Waals surface area contributed by atoms with Crippen molar-refractivity contribution in [3.63, 3.8) is 0 Å². The molecule has 0 radical (unpaired) electrons. The normalized spacial score (nSPS) is 24.8. The number of aliphatic hydroxyl groups is 1. The number of allylic oxidation sites excluding steroid dienone is 1. The predicted molar refractivity (Wildman–Crippen MR) is 204 cm³/mol. The second-order valence-corrected chi connectivity index (χ2v) is 14.9. The van der Waals surface area contributed by atoms with Crippen LogP contribution < -0.4 is 4.90 Å². The van der Waals surface area contributed by atoms with Gasteiger partial charge in [-0.05, 0) is 60.6 Å². The van der Waals surface area contributed by atoms with E-state index in [1.165, 1.54) is 4.90 Å². The first-order chi connectivity index (χ1) is 25.5. The third kappa shape index (κ3) is 6.79. The van der Waals surface area contributed by atoms with Gasteiger partial charge in [-0.3, -0.25) is 19.2 Å². The first-order valence-electron chi connectivity index (χ1n) is 18.6. The molecule has 6 rings (SSSR count). The van der Waals surface area contributed by atoms with Crippen LogP contribution in [0.1, 0.15) is 58.1 Å². The van der Waals surface area contributed by atoms with E-state index in [0.29, 0.717) is 30.5 Å². The molecule has 0 unspecified atom stereocenters. The van der Waals surface area contributed by atoms with Gasteiger partial charge in [0, 0.05) is 25.7 Å². The van der Waals surface area contributed by atoms with E-state index < -0.39 is 59.6 Å². The highest BCUT2D eigenvalue weighted by Crippen LogP contribution is 2.59. The van der Waals surface area contributed by atoms with E-state index >= 15 is 4.79 Å². The molecule has 0 saturated carbocycles. The molecule has 3 heterocycles. The van der Waals surface area contributed by atoms with Crippen LogP contribution >= 0.6 is 0 Å². The fourth-order valence-corrected chi connectivity index (χ4v) is 8.68. The molecule has 53 heavy (non-hydrogen) atoms. The van der Waals surface area contributed by atoms with Crippen LogP contribution in [0.4, 0.5) is 5.69 Å². The SMILES string of the molecule is C=CCCC(=O)N(C)[C@H](C)[C@H](OC(=O)[C@@H]1[C@H]2C(=O)N([C@@H](CO)C(C)C)[C@H](C(=O)N(CC=C)c3ccc4ccccc4c3)[C@]23CC[C@H]1O3)c1ccccc1. The number of hydrogen-bond acceptors (Lipinski definition) is 7. The molecule has 8 atom stereocenters. The van der Waals surface area contributed by atoms with E-state index in [2.05, 4.69) is 13.2 Å². The number of anilines is 1. The van der Waals surface area contributed by atoms with Gasteiger partial charge in [-0.15, -0.1) is 13.2 Å². The van der Waals surface area contributed by atoms with Gasteiger partial charge >= 0.3 is 5.97 Å². The Hall–Kier alpha value is -4.80. The summed E-state index contributed by atoms with van der Waals surface area (Å²) in [7, 11) is 1.69. The fourth-order valence-electron chi connectivity index (χ4n) is 8.68. The Morgan fingerprint density at radius 2 is 1.72 bits per heavy atom. The maximum Gasteiger partial charge on any atom is 0.313 e. The smallest absolute Gasteiger partial charge is 0.313 e. The van der Waals surface area contributed by atoms with Crippen molar-refractivity contribution in [3.8, 4) is 0 Å². The van der Waals surface area contributed by atoms with Gasteiger partial charge < -0.3 is 29.3 Å². The first-order valence-corrected chi connectivity index (χ1v) is 18.6. The Labute approximate surface area is 312 Å². The summed E-state index contributed by atoms with van der Waals surface area (Å²) >= 11 is 0. The summed E-state index contributed by atoms with van der Waals surface area (Å²) in [6.07, 6.45) is 3.49. The van der Waals surface area contributed by atoms with Gasteiger partial charge in [-0.2, -0.15) is 0 Å². The lowest BCUT2D eigenvalue weighted by Crippen LogP contribution is -2.59. The van der Waals surface area contributed by atoms with Crippen molar-refractivity contribution in [3.05, 3.63) is 104 Å². The summed E-state index contributed by atoms with van der Waals surface area (Å²) in [6.45, 7) is 13.1. The third-order valence-corrected chi connectivity index (χ3v) is 11.6. The highest BCUT2D eigenvalue weighted by atomic mass is 16.6. The molecule has 3 amide bonds. The third-order valence-electron chi connectivity index (χ3n) is 11.6. The summed E-state index contributed by atoms with van der Waals surface area (Å²) in [6, 6.07) is 20.6. The molecule has 3 aromatic carbocycles. The second kappa shape index (κ2) is 15.7. The number of carbonyl (C=O) groups excluding carboxylic acids is 4. The number of amides is 3. The average molecular weight is 722 g/mol. The van der Waals surface area contributed by atoms with Crippen molar-refractivity contribution in [2.75, 3.05) is 25.1 Å². The van der Waals surface area contributed by atoms with Gasteiger partial charge in [0.05, 0.1) is 36.6 Å². The number of esters is 1. The number of likely N-dealkylation sites (N-methyl/N-ethyl adjacent to an activating group) is 1. The van der Waals surface area contributed by atoms with Gasteiger partial charge in [-0.1, -0.05) is 86.7 Å². The van der Waals surface area contributed by atoms with E-state index in [4.69, 9.17) is 9.47 Å². The Bertz CT molecular complexity index is 1860. The minimum Gasteiger partial charge on any atom is -0.455 e. The molecule has 10 heteroatoms. The molecule has 1 N–H and O–H groups in total. The molecule has 0 aromatic heterocycles. The molecule has 0 aliphatic carbocycles. The summed E-state index contributed by atoms with van der Waals surface area (Å²) in [5.41, 5.74) is 0.0336. The van der Waals surface area contributed by atoms with E-state index in [-0.39, 0.29) is 37.3 Å². The van der Waals surface area contributed by atoms with Gasteiger partial charge in [-0.25, -0.2) is 0 Å². The van der Waals surface area contributed by atoms with Crippen LogP contribution in [0.3, 0.4) is 0 Å². The lowest BCUT2D eigenvalue weighted by atomic mass is 9.70. The highest BCUT2D eigenvalue weighted by molar-refractivity contribution is 6.05. The zero-order valence-corrected chi connectivity index (χ0v) is 31.1. The van der Waals surface area contributed by atoms with Crippen molar-refractivity contribution < 1.29 is 33.8 Å². The summed E-state index contributed by atoms with van der Waals surface area (Å²) in [5.74, 6) is -3.69. The Balaban J connectivity index is 1.37. The molecule has 3 saturated heterocycles. The molecular weight excluding hydrogens is 670 g/mol. The topological polar surface area (TPSA) is 117 Å². The standard InChI is InChI=1S/C43H51N3O7/c1-7-9-19-35(48)44(6)28(5)38(30-16-11-10-12-17-30)52-42(51)36-34-22-23-43(53-34)37(36)40(49)46(33(26-47)27(3)4)39(43)41(50)45(24-8-2)32-21-20-29-15-13-14-18-31(29)25-32/h7-8,10-18,20-21,25,27-28,33-34,36-39,47H,1-2,9,19,22-24,26H2,3-6H3/t28-,33+,34-,36+,37+,38+,39-,43+/m1/s1. The molecule has 3 aromatic rings. The van der Waals surface area contributed by atoms with Crippen molar-refractivity contribution >= 4 is 40.2 Å². The number of ether oxygens (including phenoxy) is 2. The van der Waals surface area contributed by atoms with Crippen LogP contribution in [0, 0.1) is 17.8 Å². The van der Waals surface area contributed by atoms with Crippen molar-refractivity contribution in [2.24, 2.45) is 17.8 Å². The van der Waals surface area contributed by atoms with Crippen molar-refractivity contribution in [1.82, 2.24) is 9.80 Å². The summed E-state index contributed by atoms with van der Waals surface area (Å²) in [4.78, 5) is 62.3. The minimum absolute atomic E-state index is 0.112. The number of hydrogen-bond donors (Lipinski definition) is 1. The highest BCUT2D eigenvalue weighted by Gasteiger charge is 2.76. The molecule has 2 bridgehead atoms. The lowest BCUT2D eigenvalue weighted by Gasteiger charge is -2.40. The van der Waals surface area contributed by atoms with Crippen LogP contribution in [0.25, 0.3) is 10.8 Å². The lowest BCUT2D eigenvalue weighted by molar-refractivity contribution is -0.165. The Morgan fingerprint density at radius 3 is 2.38 bits per heavy atom. The van der Waals surface area contributed by atoms with Crippen molar-refractivity contribution in [1.29, 1.82) is 0 Å². The van der Waals surface area contributed by atoms with E-state index in [9.17, 15) is 19.5 Å². The van der Waals surface area contributed by atoms with Crippen LogP contribution in [0.2, 0.25) is 0 Å². The molecule has 10 nitrogen and oxygen atoms in total. The molecular formula is C43H51N3O7. The van der Waals surface area contributed by atoms with Gasteiger partial charge in [0.15, 0.2) is 0 Å². The van der Waals surface area contributed by atoms with E-state index in [1.807, 2.05) is 93.6 Å². The Morgan fingerprint density at radius 1 is 1.02 bits per heavy atom. The van der Waals surface area contributed by atoms with Gasteiger partial charge in [0.1, 0.15) is 17.7 Å². The number of nitrogens with zero attached hydrogens (tertiary/aromatic N) is 3.